The fraction of sp³-hybridized carbons (Fsp3) is 0.769. The van der Waals surface area contributed by atoms with Crippen LogP contribution in [0.4, 0.5) is 0 Å². The normalized spacial score (nSPS) is 29.3. The zero-order valence-corrected chi connectivity index (χ0v) is 9.86. The monoisotopic (exact) mass is 219 g/mol. The fourth-order valence-corrected chi connectivity index (χ4v) is 3.44. The van der Waals surface area contributed by atoms with E-state index in [2.05, 4.69) is 15.9 Å². The van der Waals surface area contributed by atoms with Gasteiger partial charge in [0.2, 0.25) is 0 Å². The number of aryl methyl sites for hydroxylation is 1. The number of nitrogens with zero attached hydrogens (tertiary/aromatic N) is 2. The summed E-state index contributed by atoms with van der Waals surface area (Å²) in [5, 5.41) is 0. The summed E-state index contributed by atoms with van der Waals surface area (Å²) in [5.41, 5.74) is 8.74. The van der Waals surface area contributed by atoms with Gasteiger partial charge in [-0.1, -0.05) is 6.42 Å². The Bertz CT molecular complexity index is 369. The Balaban J connectivity index is 1.91. The van der Waals surface area contributed by atoms with Gasteiger partial charge in [-0.15, -0.1) is 0 Å². The number of imidazole rings is 1. The molecule has 2 N–H and O–H groups in total. The van der Waals surface area contributed by atoms with E-state index in [0.717, 1.165) is 6.54 Å². The zero-order chi connectivity index (χ0) is 11.0. The molecule has 2 unspecified atom stereocenters. The molecule has 1 aromatic heterocycles. The molecule has 0 radical (unpaired) electrons. The van der Waals surface area contributed by atoms with Gasteiger partial charge in [-0.25, -0.2) is 4.98 Å². The Morgan fingerprint density at radius 2 is 2.12 bits per heavy atom. The molecule has 0 spiro atoms. The molecular formula is C13H21N3. The number of hydrogen-bond donors (Lipinski definition) is 1. The third-order valence-electron chi connectivity index (χ3n) is 4.34. The largest absolute Gasteiger partial charge is 0.331 e. The number of nitrogens with two attached hydrogens (primary N) is 1. The van der Waals surface area contributed by atoms with Crippen LogP contribution < -0.4 is 5.73 Å². The van der Waals surface area contributed by atoms with E-state index in [1.807, 2.05) is 0 Å². The molecule has 2 aliphatic rings. The van der Waals surface area contributed by atoms with Crippen molar-refractivity contribution in [2.24, 2.45) is 11.7 Å². The number of hydrogen-bond acceptors (Lipinski definition) is 2. The standard InChI is InChI=1S/C13H21N3/c14-8-10-4-3-7-12(10)16-9-15-11-5-1-2-6-13(11)16/h9-10,12H,1-8,14H2. The second-order valence-electron chi connectivity index (χ2n) is 5.25. The van der Waals surface area contributed by atoms with E-state index in [0.29, 0.717) is 12.0 Å². The summed E-state index contributed by atoms with van der Waals surface area (Å²) in [6, 6.07) is 0.638. The minimum absolute atomic E-state index is 0.638. The maximum Gasteiger partial charge on any atom is 0.0954 e. The maximum atomic E-state index is 5.87. The summed E-state index contributed by atoms with van der Waals surface area (Å²) in [6.07, 6.45) is 11.1. The smallest absolute Gasteiger partial charge is 0.0954 e. The van der Waals surface area contributed by atoms with Crippen molar-refractivity contribution in [3.8, 4) is 0 Å². The molecule has 3 nitrogen and oxygen atoms in total. The van der Waals surface area contributed by atoms with E-state index in [4.69, 9.17) is 5.73 Å². The van der Waals surface area contributed by atoms with Crippen molar-refractivity contribution in [3.63, 3.8) is 0 Å². The summed E-state index contributed by atoms with van der Waals surface area (Å²) >= 11 is 0. The third kappa shape index (κ3) is 1.58. The molecule has 0 aliphatic heterocycles. The molecule has 2 atom stereocenters. The molecule has 0 amide bonds. The van der Waals surface area contributed by atoms with Crippen LogP contribution in [0.2, 0.25) is 0 Å². The lowest BCUT2D eigenvalue weighted by molar-refractivity contribution is 0.375. The van der Waals surface area contributed by atoms with Gasteiger partial charge >= 0.3 is 0 Å². The van der Waals surface area contributed by atoms with Crippen LogP contribution in [-0.4, -0.2) is 16.1 Å². The fourth-order valence-electron chi connectivity index (χ4n) is 3.44. The molecule has 0 bridgehead atoms. The highest BCUT2D eigenvalue weighted by Gasteiger charge is 2.30. The van der Waals surface area contributed by atoms with Crippen molar-refractivity contribution in [2.75, 3.05) is 6.54 Å². The summed E-state index contributed by atoms with van der Waals surface area (Å²) in [5.74, 6) is 0.681. The van der Waals surface area contributed by atoms with E-state index in [9.17, 15) is 0 Å². The lowest BCUT2D eigenvalue weighted by Crippen LogP contribution is -2.23. The summed E-state index contributed by atoms with van der Waals surface area (Å²) in [4.78, 5) is 4.59. The van der Waals surface area contributed by atoms with Crippen molar-refractivity contribution >= 4 is 0 Å². The van der Waals surface area contributed by atoms with Gasteiger partial charge in [0.05, 0.1) is 12.0 Å². The average molecular weight is 219 g/mol. The molecule has 1 fully saturated rings. The Morgan fingerprint density at radius 3 is 3.00 bits per heavy atom. The van der Waals surface area contributed by atoms with Crippen LogP contribution in [0.25, 0.3) is 0 Å². The molecule has 2 aliphatic carbocycles. The first kappa shape index (κ1) is 10.3. The van der Waals surface area contributed by atoms with Crippen molar-refractivity contribution in [1.82, 2.24) is 9.55 Å². The van der Waals surface area contributed by atoms with Gasteiger partial charge in [0.15, 0.2) is 0 Å². The lowest BCUT2D eigenvalue weighted by atomic mass is 9.99. The van der Waals surface area contributed by atoms with Crippen molar-refractivity contribution in [3.05, 3.63) is 17.7 Å². The molecule has 0 aromatic carbocycles. The van der Waals surface area contributed by atoms with Gasteiger partial charge in [0.25, 0.3) is 0 Å². The van der Waals surface area contributed by atoms with Crippen LogP contribution in [0, 0.1) is 5.92 Å². The van der Waals surface area contributed by atoms with Crippen molar-refractivity contribution in [2.45, 2.75) is 51.0 Å². The second kappa shape index (κ2) is 4.21. The van der Waals surface area contributed by atoms with Gasteiger partial charge in [-0.3, -0.25) is 0 Å². The molecule has 88 valence electrons. The predicted molar refractivity (Wildman–Crippen MR) is 64.3 cm³/mol. The van der Waals surface area contributed by atoms with Crippen LogP contribution in [-0.2, 0) is 12.8 Å². The molecule has 3 heteroatoms. The highest BCUT2D eigenvalue weighted by atomic mass is 15.1. The Kier molecular flexibility index (Phi) is 2.72. The molecule has 0 saturated heterocycles. The Hall–Kier alpha value is -0.830. The molecule has 1 heterocycles. The molecule has 1 saturated carbocycles. The first-order chi connectivity index (χ1) is 7.90. The Labute approximate surface area is 97.0 Å². The summed E-state index contributed by atoms with van der Waals surface area (Å²) < 4.78 is 2.46. The van der Waals surface area contributed by atoms with E-state index in [1.54, 1.807) is 0 Å². The SMILES string of the molecule is NCC1CCCC1n1cnc2c1CCCC2. The summed E-state index contributed by atoms with van der Waals surface area (Å²) in [6.45, 7) is 0.831. The Morgan fingerprint density at radius 1 is 1.25 bits per heavy atom. The number of fused-ring (bicyclic) bond motifs is 1. The first-order valence-corrected chi connectivity index (χ1v) is 6.65. The molecule has 1 aromatic rings. The number of aromatic nitrogens is 2. The van der Waals surface area contributed by atoms with Crippen LogP contribution >= 0.6 is 0 Å². The van der Waals surface area contributed by atoms with Gasteiger partial charge in [0.1, 0.15) is 0 Å². The van der Waals surface area contributed by atoms with Gasteiger partial charge < -0.3 is 10.3 Å². The highest BCUT2D eigenvalue weighted by Crippen LogP contribution is 2.37. The average Bonchev–Trinajstić information content (AvgIpc) is 2.94. The summed E-state index contributed by atoms with van der Waals surface area (Å²) in [7, 11) is 0. The zero-order valence-electron chi connectivity index (χ0n) is 9.86. The van der Waals surface area contributed by atoms with E-state index >= 15 is 0 Å². The van der Waals surface area contributed by atoms with E-state index in [-0.39, 0.29) is 0 Å². The lowest BCUT2D eigenvalue weighted by Gasteiger charge is -2.23. The van der Waals surface area contributed by atoms with Crippen LogP contribution in [0.15, 0.2) is 6.33 Å². The van der Waals surface area contributed by atoms with Gasteiger partial charge in [0, 0.05) is 11.7 Å². The maximum absolute atomic E-state index is 5.87. The van der Waals surface area contributed by atoms with Crippen LogP contribution in [0.1, 0.15) is 49.5 Å². The quantitative estimate of drug-likeness (QED) is 0.827. The topological polar surface area (TPSA) is 43.8 Å². The molecule has 16 heavy (non-hydrogen) atoms. The number of rotatable bonds is 2. The molecule has 3 rings (SSSR count). The minimum atomic E-state index is 0.638. The van der Waals surface area contributed by atoms with Gasteiger partial charge in [-0.2, -0.15) is 0 Å². The molecular weight excluding hydrogens is 198 g/mol. The van der Waals surface area contributed by atoms with Gasteiger partial charge in [-0.05, 0) is 51.0 Å². The second-order valence-corrected chi connectivity index (χ2v) is 5.25. The van der Waals surface area contributed by atoms with Crippen molar-refractivity contribution < 1.29 is 0 Å². The predicted octanol–water partition coefficient (Wildman–Crippen LogP) is 2.06. The van der Waals surface area contributed by atoms with Crippen molar-refractivity contribution in [1.29, 1.82) is 0 Å². The van der Waals surface area contributed by atoms with E-state index < -0.39 is 0 Å². The minimum Gasteiger partial charge on any atom is -0.331 e. The van der Waals surface area contributed by atoms with Crippen LogP contribution in [0.3, 0.4) is 0 Å². The first-order valence-electron chi connectivity index (χ1n) is 6.65. The van der Waals surface area contributed by atoms with E-state index in [1.165, 1.54) is 56.3 Å². The third-order valence-corrected chi connectivity index (χ3v) is 4.34. The highest BCUT2D eigenvalue weighted by molar-refractivity contribution is 5.17. The van der Waals surface area contributed by atoms with Crippen LogP contribution in [0.5, 0.6) is 0 Å².